The maximum Gasteiger partial charge on any atom is 0.135 e. The molecular weight excluding hydrogens is 404 g/mol. The van der Waals surface area contributed by atoms with Crippen LogP contribution in [0.1, 0.15) is 35.1 Å². The maximum atomic E-state index is 6.84. The van der Waals surface area contributed by atoms with Gasteiger partial charge in [-0.05, 0) is 63.1 Å². The molecule has 0 aliphatic heterocycles. The van der Waals surface area contributed by atoms with Crippen LogP contribution in [0, 0.1) is 0 Å². The molecule has 0 aromatic heterocycles. The third-order valence-electron chi connectivity index (χ3n) is 6.68. The molecule has 1 aliphatic carbocycles. The summed E-state index contributed by atoms with van der Waals surface area (Å²) in [6.07, 6.45) is 7.32. The zero-order valence-corrected chi connectivity index (χ0v) is 20.1. The quantitative estimate of drug-likeness (QED) is 0.387. The SMILES string of the molecule is CN(C)C1(N(C)C)C=CC(OC(c2ccccc2)C(c2ccccc2)c2ccccc2)=CC1. The number of allylic oxidation sites excluding steroid dienone is 1. The fraction of sp³-hybridized carbons (Fsp3) is 0.267. The lowest BCUT2D eigenvalue weighted by atomic mass is 9.83. The van der Waals surface area contributed by atoms with Gasteiger partial charge in [0.25, 0.3) is 0 Å². The second-order valence-electron chi connectivity index (χ2n) is 9.06. The largest absolute Gasteiger partial charge is 0.485 e. The van der Waals surface area contributed by atoms with Crippen LogP contribution in [-0.2, 0) is 4.74 Å². The van der Waals surface area contributed by atoms with Crippen LogP contribution in [0.3, 0.4) is 0 Å². The van der Waals surface area contributed by atoms with Crippen molar-refractivity contribution in [3.05, 3.63) is 132 Å². The van der Waals surface area contributed by atoms with Gasteiger partial charge >= 0.3 is 0 Å². The molecule has 1 atom stereocenters. The molecule has 33 heavy (non-hydrogen) atoms. The number of benzene rings is 3. The van der Waals surface area contributed by atoms with Gasteiger partial charge in [-0.3, -0.25) is 9.80 Å². The van der Waals surface area contributed by atoms with Gasteiger partial charge in [-0.25, -0.2) is 0 Å². The Labute approximate surface area is 198 Å². The topological polar surface area (TPSA) is 15.7 Å². The van der Waals surface area contributed by atoms with Gasteiger partial charge in [-0.2, -0.15) is 0 Å². The second-order valence-corrected chi connectivity index (χ2v) is 9.06. The first-order valence-electron chi connectivity index (χ1n) is 11.6. The molecule has 0 N–H and O–H groups in total. The molecule has 0 radical (unpaired) electrons. The summed E-state index contributed by atoms with van der Waals surface area (Å²) in [5, 5.41) is 0. The highest BCUT2D eigenvalue weighted by Crippen LogP contribution is 2.41. The third kappa shape index (κ3) is 4.95. The van der Waals surface area contributed by atoms with Gasteiger partial charge in [-0.1, -0.05) is 91.0 Å². The van der Waals surface area contributed by atoms with E-state index < -0.39 is 0 Å². The Balaban J connectivity index is 1.73. The Morgan fingerprint density at radius 2 is 1.12 bits per heavy atom. The number of hydrogen-bond donors (Lipinski definition) is 0. The average Bonchev–Trinajstić information content (AvgIpc) is 2.85. The molecule has 170 valence electrons. The first kappa shape index (κ1) is 23.0. The summed E-state index contributed by atoms with van der Waals surface area (Å²) >= 11 is 0. The van der Waals surface area contributed by atoms with E-state index in [0.29, 0.717) is 0 Å². The molecule has 0 saturated carbocycles. The lowest BCUT2D eigenvalue weighted by Gasteiger charge is -2.44. The lowest BCUT2D eigenvalue weighted by molar-refractivity contribution is 0.0455. The fourth-order valence-corrected chi connectivity index (χ4v) is 4.73. The summed E-state index contributed by atoms with van der Waals surface area (Å²) in [4.78, 5) is 4.50. The molecule has 1 unspecified atom stereocenters. The van der Waals surface area contributed by atoms with Crippen LogP contribution in [0.2, 0.25) is 0 Å². The zero-order valence-electron chi connectivity index (χ0n) is 20.1. The average molecular weight is 439 g/mol. The summed E-state index contributed by atoms with van der Waals surface area (Å²) in [6.45, 7) is 0. The molecule has 0 spiro atoms. The predicted octanol–water partition coefficient (Wildman–Crippen LogP) is 6.24. The molecule has 0 bridgehead atoms. The van der Waals surface area contributed by atoms with Crippen molar-refractivity contribution in [3.8, 4) is 0 Å². The molecule has 0 amide bonds. The summed E-state index contributed by atoms with van der Waals surface area (Å²) < 4.78 is 6.84. The minimum absolute atomic E-state index is 0.0680. The molecule has 0 heterocycles. The van der Waals surface area contributed by atoms with Crippen LogP contribution < -0.4 is 0 Å². The van der Waals surface area contributed by atoms with E-state index in [1.54, 1.807) is 0 Å². The molecular formula is C30H34N2O. The fourth-order valence-electron chi connectivity index (χ4n) is 4.73. The number of likely N-dealkylation sites (N-methyl/N-ethyl adjacent to an activating group) is 2. The molecule has 0 saturated heterocycles. The number of hydrogen-bond acceptors (Lipinski definition) is 3. The molecule has 0 fully saturated rings. The van der Waals surface area contributed by atoms with Crippen LogP contribution in [0.25, 0.3) is 0 Å². The summed E-state index contributed by atoms with van der Waals surface area (Å²) in [5.74, 6) is 0.985. The monoisotopic (exact) mass is 438 g/mol. The van der Waals surface area contributed by atoms with Gasteiger partial charge in [0.1, 0.15) is 11.9 Å². The second kappa shape index (κ2) is 10.2. The Hall–Kier alpha value is -3.14. The molecule has 1 aliphatic rings. The van der Waals surface area contributed by atoms with E-state index in [9.17, 15) is 0 Å². The zero-order chi connectivity index (χ0) is 23.3. The minimum Gasteiger partial charge on any atom is -0.485 e. The summed E-state index contributed by atoms with van der Waals surface area (Å²) in [6, 6.07) is 31.9. The first-order chi connectivity index (χ1) is 16.0. The van der Waals surface area contributed by atoms with Crippen LogP contribution in [-0.4, -0.2) is 43.7 Å². The number of rotatable bonds is 8. The predicted molar refractivity (Wildman–Crippen MR) is 137 cm³/mol. The Bertz CT molecular complexity index is 1020. The van der Waals surface area contributed by atoms with E-state index >= 15 is 0 Å². The van der Waals surface area contributed by atoms with Crippen molar-refractivity contribution in [1.29, 1.82) is 0 Å². The molecule has 3 nitrogen and oxygen atoms in total. The van der Waals surface area contributed by atoms with Gasteiger partial charge in [0.15, 0.2) is 0 Å². The van der Waals surface area contributed by atoms with Crippen LogP contribution in [0.15, 0.2) is 115 Å². The highest BCUT2D eigenvalue weighted by molar-refractivity contribution is 5.38. The van der Waals surface area contributed by atoms with E-state index in [1.807, 2.05) is 0 Å². The van der Waals surface area contributed by atoms with Gasteiger partial charge < -0.3 is 4.74 Å². The first-order valence-corrected chi connectivity index (χ1v) is 11.6. The van der Waals surface area contributed by atoms with E-state index in [-0.39, 0.29) is 17.7 Å². The molecule has 3 aromatic rings. The Morgan fingerprint density at radius 3 is 1.52 bits per heavy atom. The van der Waals surface area contributed by atoms with Gasteiger partial charge in [0.2, 0.25) is 0 Å². The highest BCUT2D eigenvalue weighted by Gasteiger charge is 2.35. The lowest BCUT2D eigenvalue weighted by Crippen LogP contribution is -2.54. The Kier molecular flexibility index (Phi) is 7.12. The highest BCUT2D eigenvalue weighted by atomic mass is 16.5. The van der Waals surface area contributed by atoms with Crippen molar-refractivity contribution in [3.63, 3.8) is 0 Å². The standard InChI is InChI=1S/C30H34N2O/c1-31(2)30(32(3)4)22-20-27(21-23-30)33-29(26-18-12-7-13-19-26)28(24-14-8-5-9-15-24)25-16-10-6-11-17-25/h5-22,28-29H,23H2,1-4H3. The van der Waals surface area contributed by atoms with E-state index in [0.717, 1.165) is 12.2 Å². The smallest absolute Gasteiger partial charge is 0.135 e. The van der Waals surface area contributed by atoms with E-state index in [1.165, 1.54) is 16.7 Å². The summed E-state index contributed by atoms with van der Waals surface area (Å²) in [5.41, 5.74) is 3.51. The van der Waals surface area contributed by atoms with Gasteiger partial charge in [-0.15, -0.1) is 0 Å². The van der Waals surface area contributed by atoms with Crippen molar-refractivity contribution >= 4 is 0 Å². The van der Waals surface area contributed by atoms with Crippen molar-refractivity contribution in [2.75, 3.05) is 28.2 Å². The van der Waals surface area contributed by atoms with Gasteiger partial charge in [0, 0.05) is 6.42 Å². The van der Waals surface area contributed by atoms with Crippen LogP contribution in [0.5, 0.6) is 0 Å². The molecule has 4 rings (SSSR count). The Morgan fingerprint density at radius 1 is 0.667 bits per heavy atom. The summed E-state index contributed by atoms with van der Waals surface area (Å²) in [7, 11) is 8.49. The van der Waals surface area contributed by atoms with Crippen molar-refractivity contribution in [1.82, 2.24) is 9.80 Å². The van der Waals surface area contributed by atoms with Gasteiger partial charge in [0.05, 0.1) is 11.6 Å². The normalized spacial score (nSPS) is 16.2. The molecule has 3 heteroatoms. The maximum absolute atomic E-state index is 6.84. The van der Waals surface area contributed by atoms with Crippen LogP contribution in [0.4, 0.5) is 0 Å². The minimum atomic E-state index is -0.155. The third-order valence-corrected chi connectivity index (χ3v) is 6.68. The van der Waals surface area contributed by atoms with Crippen LogP contribution >= 0.6 is 0 Å². The number of ether oxygens (including phenoxy) is 1. The van der Waals surface area contributed by atoms with E-state index in [2.05, 4.69) is 147 Å². The molecule has 3 aromatic carbocycles. The number of nitrogens with zero attached hydrogens (tertiary/aromatic N) is 2. The van der Waals surface area contributed by atoms with Crippen molar-refractivity contribution in [2.24, 2.45) is 0 Å². The van der Waals surface area contributed by atoms with Crippen molar-refractivity contribution < 1.29 is 4.74 Å². The van der Waals surface area contributed by atoms with Crippen molar-refractivity contribution in [2.45, 2.75) is 24.1 Å². The van der Waals surface area contributed by atoms with E-state index in [4.69, 9.17) is 4.74 Å².